The highest BCUT2D eigenvalue weighted by Crippen LogP contribution is 2.63. The van der Waals surface area contributed by atoms with E-state index in [1.807, 2.05) is 0 Å². The van der Waals surface area contributed by atoms with Gasteiger partial charge in [0.05, 0.1) is 5.41 Å². The van der Waals surface area contributed by atoms with Crippen molar-refractivity contribution < 1.29 is 18.8 Å². The van der Waals surface area contributed by atoms with E-state index >= 15 is 0 Å². The largest absolute Gasteiger partial charge is 0.474 e. The van der Waals surface area contributed by atoms with Crippen molar-refractivity contribution in [2.24, 2.45) is 28.4 Å². The van der Waals surface area contributed by atoms with Gasteiger partial charge in [0.25, 0.3) is 11.8 Å². The molecule has 2 amide bonds. The Kier molecular flexibility index (Phi) is 5.71. The molecule has 5 saturated carbocycles. The minimum absolute atomic E-state index is 0.0867. The van der Waals surface area contributed by atoms with E-state index in [0.717, 1.165) is 18.8 Å². The molecule has 6 rings (SSSR count). The number of amides is 2. The molecule has 0 radical (unpaired) electrons. The minimum Gasteiger partial charge on any atom is -0.474 e. The van der Waals surface area contributed by atoms with Crippen LogP contribution in [0.5, 0.6) is 5.88 Å². The van der Waals surface area contributed by atoms with Crippen molar-refractivity contribution >= 4 is 23.6 Å². The number of ether oxygens (including phenoxy) is 1. The van der Waals surface area contributed by atoms with E-state index in [2.05, 4.69) is 10.5 Å². The fourth-order valence-corrected chi connectivity index (χ4v) is 7.86. The highest BCUT2D eigenvalue weighted by Gasteiger charge is 2.60. The quantitative estimate of drug-likeness (QED) is 0.598. The van der Waals surface area contributed by atoms with Crippen LogP contribution in [0.4, 0.5) is 0 Å². The Labute approximate surface area is 193 Å². The maximum atomic E-state index is 13.4. The van der Waals surface area contributed by atoms with E-state index in [1.165, 1.54) is 51.4 Å². The highest BCUT2D eigenvalue weighted by atomic mass is 32.2. The topological polar surface area (TPSA) is 107 Å². The summed E-state index contributed by atoms with van der Waals surface area (Å²) >= 11 is 1.63. The third-order valence-electron chi connectivity index (χ3n) is 8.35. The van der Waals surface area contributed by atoms with Gasteiger partial charge in [0.2, 0.25) is 11.7 Å². The van der Waals surface area contributed by atoms with Crippen molar-refractivity contribution in [3.8, 4) is 5.88 Å². The first-order chi connectivity index (χ1) is 15.3. The first-order valence-corrected chi connectivity index (χ1v) is 13.1. The summed E-state index contributed by atoms with van der Waals surface area (Å²) in [5, 5.41) is 7.85. The summed E-state index contributed by atoms with van der Waals surface area (Å²) in [5.41, 5.74) is 4.95. The molecular formula is C24H35N3O4S. The smallest absolute Gasteiger partial charge is 0.291 e. The average Bonchev–Trinajstić information content (AvgIpc) is 3.40. The Morgan fingerprint density at radius 1 is 1.25 bits per heavy atom. The van der Waals surface area contributed by atoms with Crippen LogP contribution < -0.4 is 15.8 Å². The molecule has 176 valence electrons. The van der Waals surface area contributed by atoms with E-state index in [1.54, 1.807) is 25.6 Å². The van der Waals surface area contributed by atoms with E-state index in [0.29, 0.717) is 27.4 Å². The van der Waals surface area contributed by atoms with Crippen molar-refractivity contribution in [2.75, 3.05) is 6.61 Å². The number of hydrogen-bond donors (Lipinski definition) is 2. The number of thioether (sulfide) groups is 1. The number of primary amides is 1. The molecule has 3 unspecified atom stereocenters. The monoisotopic (exact) mass is 461 g/mol. The molecular weight excluding hydrogens is 426 g/mol. The molecule has 5 aliphatic rings. The Bertz CT molecular complexity index is 888. The van der Waals surface area contributed by atoms with Crippen LogP contribution in [0.25, 0.3) is 0 Å². The Morgan fingerprint density at radius 3 is 2.78 bits per heavy atom. The van der Waals surface area contributed by atoms with Crippen LogP contribution >= 0.6 is 11.8 Å². The van der Waals surface area contributed by atoms with Gasteiger partial charge in [-0.05, 0) is 74.8 Å². The van der Waals surface area contributed by atoms with Gasteiger partial charge in [0.15, 0.2) is 0 Å². The molecule has 1 aromatic rings. The number of aromatic nitrogens is 1. The van der Waals surface area contributed by atoms with Gasteiger partial charge in [-0.2, -0.15) is 0 Å². The van der Waals surface area contributed by atoms with Crippen molar-refractivity contribution in [2.45, 2.75) is 94.2 Å². The van der Waals surface area contributed by atoms with Crippen LogP contribution in [0, 0.1) is 22.7 Å². The minimum atomic E-state index is -0.837. The molecule has 1 spiro atoms. The lowest BCUT2D eigenvalue weighted by Crippen LogP contribution is -2.66. The van der Waals surface area contributed by atoms with Gasteiger partial charge in [0.1, 0.15) is 11.5 Å². The third kappa shape index (κ3) is 3.93. The second kappa shape index (κ2) is 8.26. The normalized spacial score (nSPS) is 31.8. The van der Waals surface area contributed by atoms with Crippen molar-refractivity contribution in [1.29, 1.82) is 0 Å². The van der Waals surface area contributed by atoms with Crippen LogP contribution in [0.2, 0.25) is 0 Å². The van der Waals surface area contributed by atoms with Gasteiger partial charge in [-0.1, -0.05) is 25.7 Å². The van der Waals surface area contributed by atoms with Crippen molar-refractivity contribution in [3.05, 3.63) is 5.76 Å². The van der Waals surface area contributed by atoms with Crippen LogP contribution in [-0.4, -0.2) is 34.9 Å². The summed E-state index contributed by atoms with van der Waals surface area (Å²) in [7, 11) is 0. The maximum absolute atomic E-state index is 13.4. The van der Waals surface area contributed by atoms with Crippen LogP contribution in [0.1, 0.15) is 88.6 Å². The number of nitrogens with zero attached hydrogens (tertiary/aromatic N) is 1. The van der Waals surface area contributed by atoms with E-state index in [-0.39, 0.29) is 24.3 Å². The first kappa shape index (κ1) is 22.1. The molecule has 3 bridgehead atoms. The molecule has 5 aliphatic carbocycles. The zero-order valence-electron chi connectivity index (χ0n) is 19.2. The van der Waals surface area contributed by atoms with Crippen molar-refractivity contribution in [3.63, 3.8) is 0 Å². The standard InChI is InChI=1S/C24H35N3O4S/c1-23(2,22(25)29)13-30-21-18(32-16-7-3-4-8-16)17(31-27-21)20(28)26-19-15-10-14-6-5-9-24(19,11-14)12-15/h14-16,19H,3-13H2,1-2H3,(H2,25,29)(H,26,28)/t14?,15?,19-,24?/m1/s1. The molecule has 32 heavy (non-hydrogen) atoms. The Morgan fingerprint density at radius 2 is 2.03 bits per heavy atom. The zero-order chi connectivity index (χ0) is 22.5. The second-order valence-corrected chi connectivity index (χ2v) is 12.5. The van der Waals surface area contributed by atoms with Gasteiger partial charge >= 0.3 is 0 Å². The zero-order valence-corrected chi connectivity index (χ0v) is 20.0. The van der Waals surface area contributed by atoms with Gasteiger partial charge in [-0.15, -0.1) is 11.8 Å². The van der Waals surface area contributed by atoms with E-state index in [4.69, 9.17) is 15.0 Å². The van der Waals surface area contributed by atoms with Gasteiger partial charge in [-0.3, -0.25) is 9.59 Å². The lowest BCUT2D eigenvalue weighted by Gasteiger charge is -2.64. The van der Waals surface area contributed by atoms with E-state index in [9.17, 15) is 9.59 Å². The summed E-state index contributed by atoms with van der Waals surface area (Å²) in [6.45, 7) is 3.56. The summed E-state index contributed by atoms with van der Waals surface area (Å²) in [5.74, 6) is 1.38. The lowest BCUT2D eigenvalue weighted by molar-refractivity contribution is -0.127. The SMILES string of the molecule is CC(C)(COc1noc(C(=O)N[C@@H]2C3CC4CCCC2(C4)C3)c1SC1CCCC1)C(N)=O. The molecule has 3 N–H and O–H groups in total. The van der Waals surface area contributed by atoms with Crippen LogP contribution in [-0.2, 0) is 4.79 Å². The molecule has 0 aliphatic heterocycles. The third-order valence-corrected chi connectivity index (χ3v) is 9.76. The lowest BCUT2D eigenvalue weighted by atomic mass is 9.44. The summed E-state index contributed by atoms with van der Waals surface area (Å²) in [6.07, 6.45) is 12.2. The molecule has 1 heterocycles. The maximum Gasteiger partial charge on any atom is 0.291 e. The first-order valence-electron chi connectivity index (χ1n) is 12.2. The van der Waals surface area contributed by atoms with Crippen LogP contribution in [0.3, 0.4) is 0 Å². The fourth-order valence-electron chi connectivity index (χ4n) is 6.52. The predicted molar refractivity (Wildman–Crippen MR) is 121 cm³/mol. The number of nitrogens with two attached hydrogens (primary N) is 1. The number of carbonyl (C=O) groups excluding carboxylic acids is 2. The van der Waals surface area contributed by atoms with Gasteiger partial charge in [-0.25, -0.2) is 0 Å². The number of carbonyl (C=O) groups is 2. The summed E-state index contributed by atoms with van der Waals surface area (Å²) in [4.78, 5) is 25.7. The van der Waals surface area contributed by atoms with Crippen LogP contribution in [0.15, 0.2) is 9.42 Å². The highest BCUT2D eigenvalue weighted by molar-refractivity contribution is 8.00. The molecule has 8 heteroatoms. The summed E-state index contributed by atoms with van der Waals surface area (Å²) < 4.78 is 11.4. The van der Waals surface area contributed by atoms with Gasteiger partial charge < -0.3 is 20.3 Å². The summed E-state index contributed by atoms with van der Waals surface area (Å²) in [6, 6.07) is 0.249. The van der Waals surface area contributed by atoms with E-state index < -0.39 is 11.3 Å². The molecule has 0 saturated heterocycles. The molecule has 0 aromatic carbocycles. The Hall–Kier alpha value is -1.70. The molecule has 5 fully saturated rings. The average molecular weight is 462 g/mol. The molecule has 1 aromatic heterocycles. The Balaban J connectivity index is 1.33. The predicted octanol–water partition coefficient (Wildman–Crippen LogP) is 4.30. The number of rotatable bonds is 8. The molecule has 7 nitrogen and oxygen atoms in total. The second-order valence-electron chi connectivity index (χ2n) is 11.2. The molecule has 4 atom stereocenters. The number of nitrogens with one attached hydrogen (secondary N) is 1. The van der Waals surface area contributed by atoms with Crippen molar-refractivity contribution in [1.82, 2.24) is 10.5 Å². The van der Waals surface area contributed by atoms with Gasteiger partial charge in [0, 0.05) is 11.3 Å². The number of hydrogen-bond acceptors (Lipinski definition) is 6. The fraction of sp³-hybridized carbons (Fsp3) is 0.792.